The summed E-state index contributed by atoms with van der Waals surface area (Å²) >= 11 is 0. The van der Waals surface area contributed by atoms with Gasteiger partial charge in [0.15, 0.2) is 0 Å². The van der Waals surface area contributed by atoms with Gasteiger partial charge in [0.25, 0.3) is 0 Å². The highest BCUT2D eigenvalue weighted by atomic mass is 32.2. The lowest BCUT2D eigenvalue weighted by molar-refractivity contribution is 0.132. The molecule has 0 bridgehead atoms. The molecule has 0 aromatic heterocycles. The van der Waals surface area contributed by atoms with Crippen LogP contribution in [0.2, 0.25) is 0 Å². The van der Waals surface area contributed by atoms with Gasteiger partial charge in [-0.15, -0.1) is 0 Å². The minimum atomic E-state index is -3.78. The number of sulfone groups is 1. The van der Waals surface area contributed by atoms with Crippen molar-refractivity contribution < 1.29 is 21.6 Å². The second-order valence-corrected chi connectivity index (χ2v) is 10.1. The zero-order valence-electron chi connectivity index (χ0n) is 17.9. The summed E-state index contributed by atoms with van der Waals surface area (Å²) in [5.41, 5.74) is 1.55. The predicted octanol–water partition coefficient (Wildman–Crippen LogP) is 5.90. The Morgan fingerprint density at radius 1 is 0.970 bits per heavy atom. The first kappa shape index (κ1) is 23.3. The van der Waals surface area contributed by atoms with E-state index in [0.29, 0.717) is 30.6 Å². The van der Waals surface area contributed by atoms with E-state index in [1.54, 1.807) is 42.5 Å². The maximum atomic E-state index is 13.8. The first-order chi connectivity index (χ1) is 15.8. The van der Waals surface area contributed by atoms with E-state index in [2.05, 4.69) is 0 Å². The number of alkyl halides is 1. The summed E-state index contributed by atoms with van der Waals surface area (Å²) in [6, 6.07) is 16.4. The van der Waals surface area contributed by atoms with E-state index in [9.17, 15) is 21.6 Å². The second-order valence-electron chi connectivity index (χ2n) is 8.15. The molecule has 0 aliphatic carbocycles. The number of halogens is 3. The molecular formula is C26H24F3NO2S. The van der Waals surface area contributed by atoms with Gasteiger partial charge in [-0.2, -0.15) is 0 Å². The van der Waals surface area contributed by atoms with Crippen molar-refractivity contribution in [2.45, 2.75) is 35.3 Å². The highest BCUT2D eigenvalue weighted by Gasteiger charge is 2.24. The van der Waals surface area contributed by atoms with Crippen molar-refractivity contribution in [2.75, 3.05) is 13.1 Å². The molecule has 1 atom stereocenters. The smallest absolute Gasteiger partial charge is 0.206 e. The van der Waals surface area contributed by atoms with Crippen LogP contribution >= 0.6 is 0 Å². The molecule has 1 fully saturated rings. The molecule has 0 spiro atoms. The number of hydrogen-bond donors (Lipinski definition) is 0. The van der Waals surface area contributed by atoms with E-state index in [-0.39, 0.29) is 15.4 Å². The van der Waals surface area contributed by atoms with Crippen LogP contribution in [0, 0.1) is 11.6 Å². The van der Waals surface area contributed by atoms with Gasteiger partial charge in [0.05, 0.1) is 9.79 Å². The number of piperidine rings is 1. The average Bonchev–Trinajstić information content (AvgIpc) is 2.79. The summed E-state index contributed by atoms with van der Waals surface area (Å²) in [7, 11) is -3.78. The molecule has 1 unspecified atom stereocenters. The molecule has 4 rings (SSSR count). The summed E-state index contributed by atoms with van der Waals surface area (Å²) in [5.74, 6) is -1.32. The molecule has 0 amide bonds. The maximum Gasteiger partial charge on any atom is 0.206 e. The molecule has 3 aromatic carbocycles. The third-order valence-corrected chi connectivity index (χ3v) is 7.58. The lowest BCUT2D eigenvalue weighted by Crippen LogP contribution is -2.36. The molecule has 0 radical (unpaired) electrons. The Hall–Kier alpha value is -2.90. The minimum Gasteiger partial charge on any atom is -0.296 e. The Morgan fingerprint density at radius 3 is 2.45 bits per heavy atom. The zero-order valence-corrected chi connectivity index (χ0v) is 18.7. The monoisotopic (exact) mass is 471 g/mol. The number of nitrogens with zero attached hydrogens (tertiary/aromatic N) is 1. The molecule has 0 N–H and O–H groups in total. The summed E-state index contributed by atoms with van der Waals surface area (Å²) < 4.78 is 67.3. The quantitative estimate of drug-likeness (QED) is 0.420. The van der Waals surface area contributed by atoms with Crippen LogP contribution in [-0.4, -0.2) is 32.6 Å². The zero-order chi connectivity index (χ0) is 23.4. The van der Waals surface area contributed by atoms with Crippen molar-refractivity contribution in [1.29, 1.82) is 0 Å². The Balaban J connectivity index is 1.55. The van der Waals surface area contributed by atoms with Crippen molar-refractivity contribution in [2.24, 2.45) is 0 Å². The van der Waals surface area contributed by atoms with Gasteiger partial charge >= 0.3 is 0 Å². The van der Waals surface area contributed by atoms with Crippen LogP contribution in [0.25, 0.3) is 12.2 Å². The molecule has 3 nitrogen and oxygen atoms in total. The summed E-state index contributed by atoms with van der Waals surface area (Å²) in [5, 5.41) is 0. The summed E-state index contributed by atoms with van der Waals surface area (Å²) in [4.78, 5) is 2.30. The van der Waals surface area contributed by atoms with Crippen LogP contribution < -0.4 is 0 Å². The third-order valence-electron chi connectivity index (χ3n) is 5.71. The molecular weight excluding hydrogens is 447 g/mol. The van der Waals surface area contributed by atoms with E-state index in [1.165, 1.54) is 30.3 Å². The molecule has 1 aliphatic heterocycles. The lowest BCUT2D eigenvalue weighted by Gasteiger charge is -2.29. The fourth-order valence-electron chi connectivity index (χ4n) is 3.99. The van der Waals surface area contributed by atoms with Crippen LogP contribution in [-0.2, 0) is 16.4 Å². The van der Waals surface area contributed by atoms with Crippen LogP contribution in [0.3, 0.4) is 0 Å². The van der Waals surface area contributed by atoms with Crippen molar-refractivity contribution in [3.63, 3.8) is 0 Å². The van der Waals surface area contributed by atoms with Gasteiger partial charge in [0.1, 0.15) is 17.8 Å². The Morgan fingerprint density at radius 2 is 1.73 bits per heavy atom. The molecule has 0 saturated carbocycles. The van der Waals surface area contributed by atoms with Gasteiger partial charge in [-0.3, -0.25) is 4.90 Å². The fourth-order valence-corrected chi connectivity index (χ4v) is 5.47. The van der Waals surface area contributed by atoms with Gasteiger partial charge in [0, 0.05) is 24.7 Å². The van der Waals surface area contributed by atoms with Crippen LogP contribution in [0.5, 0.6) is 0 Å². The third kappa shape index (κ3) is 5.54. The predicted molar refractivity (Wildman–Crippen MR) is 123 cm³/mol. The van der Waals surface area contributed by atoms with Gasteiger partial charge in [0.2, 0.25) is 9.84 Å². The first-order valence-corrected chi connectivity index (χ1v) is 12.2. The highest BCUT2D eigenvalue weighted by Crippen LogP contribution is 2.27. The Kier molecular flexibility index (Phi) is 7.00. The largest absolute Gasteiger partial charge is 0.296 e. The standard InChI is InChI=1S/C26H24F3NO2S/c27-22-12-11-20(25(29)16-22)10-7-19-8-13-24(14-9-19)33(31,32)26-6-2-1-4-21(26)17-30-15-3-5-23(28)18-30/h1-2,4,6-14,16,23H,3,5,15,17-18H2. The van der Waals surface area contributed by atoms with Crippen molar-refractivity contribution >= 4 is 22.0 Å². The van der Waals surface area contributed by atoms with E-state index in [0.717, 1.165) is 19.0 Å². The lowest BCUT2D eigenvalue weighted by atomic mass is 10.1. The Labute approximate surface area is 192 Å². The highest BCUT2D eigenvalue weighted by molar-refractivity contribution is 7.91. The molecule has 1 saturated heterocycles. The number of likely N-dealkylation sites (tertiary alicyclic amines) is 1. The van der Waals surface area contributed by atoms with E-state index in [4.69, 9.17) is 0 Å². The molecule has 172 valence electrons. The van der Waals surface area contributed by atoms with Gasteiger partial charge in [-0.25, -0.2) is 21.6 Å². The van der Waals surface area contributed by atoms with E-state index in [1.807, 2.05) is 4.90 Å². The molecule has 7 heteroatoms. The van der Waals surface area contributed by atoms with Crippen molar-refractivity contribution in [1.82, 2.24) is 4.90 Å². The minimum absolute atomic E-state index is 0.141. The van der Waals surface area contributed by atoms with Gasteiger partial charge < -0.3 is 0 Å². The Bertz CT molecular complexity index is 1260. The number of hydrogen-bond acceptors (Lipinski definition) is 3. The molecule has 1 heterocycles. The van der Waals surface area contributed by atoms with Gasteiger partial charge in [-0.1, -0.05) is 42.5 Å². The second kappa shape index (κ2) is 9.93. The van der Waals surface area contributed by atoms with Crippen molar-refractivity contribution in [3.05, 3.63) is 95.1 Å². The summed E-state index contributed by atoms with van der Waals surface area (Å²) in [6.07, 6.45) is 3.55. The first-order valence-electron chi connectivity index (χ1n) is 10.8. The SMILES string of the molecule is O=S(=O)(c1ccc(C=Cc2ccc(F)cc2F)cc1)c1ccccc1CN1CCCC(F)C1. The number of rotatable bonds is 6. The normalized spacial score (nSPS) is 17.5. The van der Waals surface area contributed by atoms with Crippen LogP contribution in [0.15, 0.2) is 76.5 Å². The van der Waals surface area contributed by atoms with E-state index >= 15 is 0 Å². The molecule has 1 aliphatic rings. The topological polar surface area (TPSA) is 37.4 Å². The summed E-state index contributed by atoms with van der Waals surface area (Å²) in [6.45, 7) is 1.43. The average molecular weight is 472 g/mol. The fraction of sp³-hybridized carbons (Fsp3) is 0.231. The maximum absolute atomic E-state index is 13.8. The van der Waals surface area contributed by atoms with Gasteiger partial charge in [-0.05, 0) is 60.8 Å². The molecule has 3 aromatic rings. The molecule has 33 heavy (non-hydrogen) atoms. The number of benzene rings is 3. The van der Waals surface area contributed by atoms with E-state index < -0.39 is 27.6 Å². The van der Waals surface area contributed by atoms with Crippen LogP contribution in [0.4, 0.5) is 13.2 Å². The van der Waals surface area contributed by atoms with Crippen LogP contribution in [0.1, 0.15) is 29.5 Å². The van der Waals surface area contributed by atoms with Crippen molar-refractivity contribution in [3.8, 4) is 0 Å².